The van der Waals surface area contributed by atoms with E-state index >= 15 is 0 Å². The molecule has 3 aromatic rings. The largest absolute Gasteiger partial charge is 0.365 e. The van der Waals surface area contributed by atoms with Crippen LogP contribution in [0.4, 0.5) is 19.0 Å². The van der Waals surface area contributed by atoms with Gasteiger partial charge in [0.15, 0.2) is 5.65 Å². The Morgan fingerprint density at radius 1 is 1.28 bits per heavy atom. The third-order valence-electron chi connectivity index (χ3n) is 5.02. The monoisotopic (exact) mass is 417 g/mol. The highest BCUT2D eigenvalue weighted by Crippen LogP contribution is 2.50. The van der Waals surface area contributed by atoms with Crippen LogP contribution in [0.2, 0.25) is 5.15 Å². The smallest absolute Gasteiger partial charge is 0.266 e. The predicted octanol–water partition coefficient (Wildman–Crippen LogP) is 5.23. The molecule has 148 valence electrons. The summed E-state index contributed by atoms with van der Waals surface area (Å²) in [4.78, 5) is 12.9. The third kappa shape index (κ3) is 3.47. The predicted molar refractivity (Wildman–Crippen MR) is 102 cm³/mol. The second-order valence-corrected chi connectivity index (χ2v) is 7.34. The van der Waals surface area contributed by atoms with Gasteiger partial charge in [0.2, 0.25) is 0 Å². The van der Waals surface area contributed by atoms with Crippen molar-refractivity contribution in [1.82, 2.24) is 15.0 Å². The Hall–Kier alpha value is -2.92. The molecule has 1 fully saturated rings. The second kappa shape index (κ2) is 7.16. The molecule has 0 radical (unpaired) electrons. The molecular formula is C20H15ClF3N5. The van der Waals surface area contributed by atoms with Gasteiger partial charge in [-0.05, 0) is 25.8 Å². The Morgan fingerprint density at radius 2 is 2.03 bits per heavy atom. The number of nitrogens with zero attached hydrogens (tertiary/aromatic N) is 4. The fourth-order valence-corrected chi connectivity index (χ4v) is 3.58. The summed E-state index contributed by atoms with van der Waals surface area (Å²) in [6.45, 7) is 1.61. The van der Waals surface area contributed by atoms with Crippen LogP contribution in [-0.2, 0) is 12.0 Å². The summed E-state index contributed by atoms with van der Waals surface area (Å²) in [7, 11) is 0. The van der Waals surface area contributed by atoms with E-state index in [9.17, 15) is 18.4 Å². The molecule has 0 spiro atoms. The molecule has 29 heavy (non-hydrogen) atoms. The first-order valence-corrected chi connectivity index (χ1v) is 9.28. The lowest BCUT2D eigenvalue weighted by Gasteiger charge is -2.14. The van der Waals surface area contributed by atoms with Crippen LogP contribution in [-0.4, -0.2) is 15.0 Å². The highest BCUT2D eigenvalue weighted by molar-refractivity contribution is 6.30. The summed E-state index contributed by atoms with van der Waals surface area (Å²) in [5.41, 5.74) is -0.267. The lowest BCUT2D eigenvalue weighted by molar-refractivity contribution is 0.146. The molecule has 1 aromatic carbocycles. The Labute approximate surface area is 169 Å². The number of aromatic nitrogens is 3. The number of alkyl halides is 2. The van der Waals surface area contributed by atoms with Gasteiger partial charge in [0.1, 0.15) is 22.6 Å². The molecule has 0 saturated heterocycles. The first kappa shape index (κ1) is 19.4. The molecule has 5 nitrogen and oxygen atoms in total. The summed E-state index contributed by atoms with van der Waals surface area (Å²) in [5, 5.41) is 13.2. The number of halogens is 4. The van der Waals surface area contributed by atoms with Crippen LogP contribution in [0.25, 0.3) is 11.0 Å². The van der Waals surface area contributed by atoms with Crippen molar-refractivity contribution in [3.8, 4) is 6.07 Å². The van der Waals surface area contributed by atoms with Crippen LogP contribution in [0.5, 0.6) is 0 Å². The number of aryl methyl sites for hydroxylation is 1. The molecule has 9 heteroatoms. The summed E-state index contributed by atoms with van der Waals surface area (Å²) >= 11 is 6.29. The molecule has 0 amide bonds. The number of nitrogens with one attached hydrogen (secondary N) is 1. The maximum atomic E-state index is 14.3. The van der Waals surface area contributed by atoms with Gasteiger partial charge in [0, 0.05) is 17.7 Å². The molecule has 1 saturated carbocycles. The van der Waals surface area contributed by atoms with Crippen LogP contribution in [0, 0.1) is 24.1 Å². The molecule has 4 rings (SSSR count). The minimum Gasteiger partial charge on any atom is -0.365 e. The number of rotatable bonds is 5. The van der Waals surface area contributed by atoms with Crippen LogP contribution < -0.4 is 5.32 Å². The summed E-state index contributed by atoms with van der Waals surface area (Å²) < 4.78 is 40.2. The summed E-state index contributed by atoms with van der Waals surface area (Å²) in [6.07, 6.45) is -1.51. The third-order valence-corrected chi connectivity index (χ3v) is 5.31. The zero-order valence-corrected chi connectivity index (χ0v) is 16.1. The fraction of sp³-hybridized carbons (Fsp3) is 0.300. The van der Waals surface area contributed by atoms with Crippen LogP contribution in [0.3, 0.4) is 0 Å². The molecular weight excluding hydrogens is 403 g/mol. The molecule has 0 atom stereocenters. The lowest BCUT2D eigenvalue weighted by atomic mass is 9.98. The van der Waals surface area contributed by atoms with Crippen molar-refractivity contribution in [1.29, 1.82) is 5.26 Å². The molecule has 0 bridgehead atoms. The molecule has 1 aliphatic carbocycles. The van der Waals surface area contributed by atoms with Gasteiger partial charge in [-0.2, -0.15) is 5.26 Å². The van der Waals surface area contributed by atoms with Gasteiger partial charge in [-0.1, -0.05) is 29.8 Å². The topological polar surface area (TPSA) is 74.5 Å². The van der Waals surface area contributed by atoms with E-state index in [4.69, 9.17) is 11.6 Å². The summed E-state index contributed by atoms with van der Waals surface area (Å²) in [6, 6.07) is 7.88. The Bertz CT molecular complexity index is 1160. The quantitative estimate of drug-likeness (QED) is 0.575. The van der Waals surface area contributed by atoms with Crippen LogP contribution >= 0.6 is 11.6 Å². The minimum absolute atomic E-state index is 0.0563. The first-order valence-electron chi connectivity index (χ1n) is 8.90. The van der Waals surface area contributed by atoms with Gasteiger partial charge in [-0.25, -0.2) is 28.1 Å². The van der Waals surface area contributed by atoms with Gasteiger partial charge in [-0.3, -0.25) is 0 Å². The Kier molecular flexibility index (Phi) is 4.79. The SMILES string of the molecule is Cc1nc(NCc2cccc(C(F)F)c2F)c2cc(C3(C#N)CC3)c(Cl)nc2n1. The van der Waals surface area contributed by atoms with Crippen molar-refractivity contribution in [3.63, 3.8) is 0 Å². The molecule has 2 aromatic heterocycles. The highest BCUT2D eigenvalue weighted by atomic mass is 35.5. The zero-order valence-electron chi connectivity index (χ0n) is 15.3. The van der Waals surface area contributed by atoms with E-state index in [0.29, 0.717) is 41.1 Å². The van der Waals surface area contributed by atoms with E-state index < -0.39 is 23.2 Å². The average molecular weight is 418 g/mol. The van der Waals surface area contributed by atoms with Gasteiger partial charge >= 0.3 is 0 Å². The van der Waals surface area contributed by atoms with Gasteiger partial charge in [0.25, 0.3) is 6.43 Å². The van der Waals surface area contributed by atoms with Crippen molar-refractivity contribution >= 4 is 28.5 Å². The van der Waals surface area contributed by atoms with E-state index in [1.165, 1.54) is 12.1 Å². The summed E-state index contributed by atoms with van der Waals surface area (Å²) in [5.74, 6) is -0.165. The fourth-order valence-electron chi connectivity index (χ4n) is 3.26. The van der Waals surface area contributed by atoms with Gasteiger partial charge in [0.05, 0.1) is 22.4 Å². The van der Waals surface area contributed by atoms with Crippen molar-refractivity contribution < 1.29 is 13.2 Å². The number of benzene rings is 1. The molecule has 0 aliphatic heterocycles. The number of fused-ring (bicyclic) bond motifs is 1. The Morgan fingerprint density at radius 3 is 2.69 bits per heavy atom. The van der Waals surface area contributed by atoms with Crippen molar-refractivity contribution in [2.45, 2.75) is 38.2 Å². The van der Waals surface area contributed by atoms with Crippen molar-refractivity contribution in [2.24, 2.45) is 0 Å². The van der Waals surface area contributed by atoms with Crippen LogP contribution in [0.15, 0.2) is 24.3 Å². The molecule has 0 unspecified atom stereocenters. The van der Waals surface area contributed by atoms with Crippen LogP contribution in [0.1, 0.15) is 41.8 Å². The number of pyridine rings is 1. The molecule has 1 aliphatic rings. The average Bonchev–Trinajstić information content (AvgIpc) is 3.47. The minimum atomic E-state index is -2.90. The highest BCUT2D eigenvalue weighted by Gasteiger charge is 2.47. The molecule has 1 N–H and O–H groups in total. The van der Waals surface area contributed by atoms with E-state index in [2.05, 4.69) is 26.3 Å². The van der Waals surface area contributed by atoms with E-state index in [0.717, 1.165) is 6.07 Å². The maximum Gasteiger partial charge on any atom is 0.266 e. The van der Waals surface area contributed by atoms with E-state index in [-0.39, 0.29) is 17.3 Å². The molecule has 2 heterocycles. The number of hydrogen-bond donors (Lipinski definition) is 1. The van der Waals surface area contributed by atoms with E-state index in [1.807, 2.05) is 0 Å². The van der Waals surface area contributed by atoms with Crippen molar-refractivity contribution in [2.75, 3.05) is 5.32 Å². The lowest BCUT2D eigenvalue weighted by Crippen LogP contribution is -2.10. The second-order valence-electron chi connectivity index (χ2n) is 6.99. The number of anilines is 1. The normalized spacial score (nSPS) is 14.8. The maximum absolute atomic E-state index is 14.3. The van der Waals surface area contributed by atoms with Gasteiger partial charge in [-0.15, -0.1) is 0 Å². The van der Waals surface area contributed by atoms with Crippen molar-refractivity contribution in [3.05, 3.63) is 57.8 Å². The van der Waals surface area contributed by atoms with Gasteiger partial charge < -0.3 is 5.32 Å². The zero-order chi connectivity index (χ0) is 20.8. The Balaban J connectivity index is 1.73. The number of hydrogen-bond acceptors (Lipinski definition) is 5. The first-order chi connectivity index (χ1) is 13.8. The standard InChI is InChI=1S/C20H15ClF3N5/c1-10-27-18(26-8-11-3-2-4-12(15(11)22)17(23)24)13-7-14(20(9-25)5-6-20)16(21)29-19(13)28-10/h2-4,7,17H,5-6,8H2,1H3,(H,26,27,28,29). The number of nitriles is 1. The van der Waals surface area contributed by atoms with E-state index in [1.54, 1.807) is 13.0 Å².